The molecule has 2 aromatic rings. The fourth-order valence-electron chi connectivity index (χ4n) is 2.33. The standard InChI is InChI=1S/C18H26N4O2/c1-2-3-4-8-13-19-18(23)20-14-17-22-21-16(24-17)12-11-15-9-6-5-7-10-15/h5-7,9-10H,2-4,8,11-14H2,1H3,(H2,19,20,23). The van der Waals surface area contributed by atoms with E-state index >= 15 is 0 Å². The number of nitrogens with zero attached hydrogens (tertiary/aromatic N) is 2. The van der Waals surface area contributed by atoms with Gasteiger partial charge in [0.05, 0.1) is 6.54 Å². The first-order chi connectivity index (χ1) is 11.8. The summed E-state index contributed by atoms with van der Waals surface area (Å²) in [5.74, 6) is 1.02. The lowest BCUT2D eigenvalue weighted by Gasteiger charge is -2.05. The number of nitrogens with one attached hydrogen (secondary N) is 2. The van der Waals surface area contributed by atoms with Crippen molar-refractivity contribution in [2.24, 2.45) is 0 Å². The second kappa shape index (κ2) is 10.4. The van der Waals surface area contributed by atoms with Gasteiger partial charge in [-0.2, -0.15) is 0 Å². The number of carbonyl (C=O) groups excluding carboxylic acids is 1. The first-order valence-corrected chi connectivity index (χ1v) is 8.65. The van der Waals surface area contributed by atoms with Crippen molar-refractivity contribution in [1.82, 2.24) is 20.8 Å². The zero-order valence-electron chi connectivity index (χ0n) is 14.3. The molecule has 0 aliphatic carbocycles. The third-order valence-electron chi connectivity index (χ3n) is 3.70. The van der Waals surface area contributed by atoms with Crippen molar-refractivity contribution in [1.29, 1.82) is 0 Å². The van der Waals surface area contributed by atoms with Crippen LogP contribution in [-0.2, 0) is 19.4 Å². The van der Waals surface area contributed by atoms with E-state index in [-0.39, 0.29) is 12.6 Å². The van der Waals surface area contributed by atoms with Crippen molar-refractivity contribution in [2.75, 3.05) is 6.54 Å². The van der Waals surface area contributed by atoms with Crippen LogP contribution in [0.2, 0.25) is 0 Å². The molecule has 0 unspecified atom stereocenters. The van der Waals surface area contributed by atoms with E-state index in [0.29, 0.717) is 24.7 Å². The number of benzene rings is 1. The van der Waals surface area contributed by atoms with E-state index in [2.05, 4.69) is 39.9 Å². The summed E-state index contributed by atoms with van der Waals surface area (Å²) in [5.41, 5.74) is 1.23. The van der Waals surface area contributed by atoms with Gasteiger partial charge in [-0.3, -0.25) is 0 Å². The molecule has 6 heteroatoms. The number of hydrogen-bond acceptors (Lipinski definition) is 4. The van der Waals surface area contributed by atoms with Gasteiger partial charge in [0.15, 0.2) is 0 Å². The fraction of sp³-hybridized carbons (Fsp3) is 0.500. The summed E-state index contributed by atoms with van der Waals surface area (Å²) < 4.78 is 5.55. The second-order valence-electron chi connectivity index (χ2n) is 5.75. The molecule has 0 fully saturated rings. The van der Waals surface area contributed by atoms with Gasteiger partial charge in [0.25, 0.3) is 0 Å². The van der Waals surface area contributed by atoms with E-state index in [0.717, 1.165) is 19.3 Å². The number of hydrogen-bond donors (Lipinski definition) is 2. The molecule has 1 heterocycles. The average Bonchev–Trinajstić information content (AvgIpc) is 3.07. The van der Waals surface area contributed by atoms with Gasteiger partial charge in [-0.05, 0) is 18.4 Å². The van der Waals surface area contributed by atoms with E-state index in [1.54, 1.807) is 0 Å². The van der Waals surface area contributed by atoms with E-state index in [4.69, 9.17) is 4.42 Å². The number of carbonyl (C=O) groups is 1. The van der Waals surface area contributed by atoms with Crippen LogP contribution in [0.4, 0.5) is 4.79 Å². The number of unbranched alkanes of at least 4 members (excludes halogenated alkanes) is 3. The highest BCUT2D eigenvalue weighted by Crippen LogP contribution is 2.06. The molecule has 0 bridgehead atoms. The van der Waals surface area contributed by atoms with Crippen molar-refractivity contribution in [3.63, 3.8) is 0 Å². The average molecular weight is 330 g/mol. The lowest BCUT2D eigenvalue weighted by Crippen LogP contribution is -2.35. The van der Waals surface area contributed by atoms with E-state index in [9.17, 15) is 4.79 Å². The summed E-state index contributed by atoms with van der Waals surface area (Å²) in [5, 5.41) is 13.5. The molecule has 2 amide bonds. The summed E-state index contributed by atoms with van der Waals surface area (Å²) >= 11 is 0. The minimum Gasteiger partial charge on any atom is -0.423 e. The molecule has 0 saturated carbocycles. The highest BCUT2D eigenvalue weighted by molar-refractivity contribution is 5.73. The Labute approximate surface area is 143 Å². The molecule has 0 saturated heterocycles. The van der Waals surface area contributed by atoms with Crippen LogP contribution in [-0.4, -0.2) is 22.8 Å². The van der Waals surface area contributed by atoms with Crippen LogP contribution < -0.4 is 10.6 Å². The molecular weight excluding hydrogens is 304 g/mol. The third-order valence-corrected chi connectivity index (χ3v) is 3.70. The predicted octanol–water partition coefficient (Wildman–Crippen LogP) is 3.23. The van der Waals surface area contributed by atoms with Gasteiger partial charge in [0.1, 0.15) is 0 Å². The van der Waals surface area contributed by atoms with Crippen LogP contribution in [0, 0.1) is 0 Å². The van der Waals surface area contributed by atoms with Crippen molar-refractivity contribution in [2.45, 2.75) is 52.0 Å². The van der Waals surface area contributed by atoms with Gasteiger partial charge in [0, 0.05) is 13.0 Å². The Bertz CT molecular complexity index is 598. The minimum absolute atomic E-state index is 0.199. The minimum atomic E-state index is -0.199. The molecule has 2 rings (SSSR count). The van der Waals surface area contributed by atoms with Crippen molar-refractivity contribution < 1.29 is 9.21 Å². The molecule has 1 aromatic heterocycles. The van der Waals surface area contributed by atoms with E-state index in [1.165, 1.54) is 18.4 Å². The van der Waals surface area contributed by atoms with Crippen LogP contribution >= 0.6 is 0 Å². The van der Waals surface area contributed by atoms with E-state index in [1.807, 2.05) is 18.2 Å². The molecule has 24 heavy (non-hydrogen) atoms. The number of rotatable bonds is 10. The molecule has 0 aliphatic rings. The second-order valence-corrected chi connectivity index (χ2v) is 5.75. The molecular formula is C18H26N4O2. The maximum absolute atomic E-state index is 11.7. The van der Waals surface area contributed by atoms with Crippen molar-refractivity contribution >= 4 is 6.03 Å². The summed E-state index contributed by atoms with van der Waals surface area (Å²) in [6.45, 7) is 3.11. The number of aryl methyl sites for hydroxylation is 2. The van der Waals surface area contributed by atoms with Crippen LogP contribution in [0.1, 0.15) is 50.0 Å². The summed E-state index contributed by atoms with van der Waals surface area (Å²) in [6, 6.07) is 9.97. The molecule has 130 valence electrons. The largest absolute Gasteiger partial charge is 0.423 e. The Morgan fingerprint density at radius 1 is 1.00 bits per heavy atom. The smallest absolute Gasteiger partial charge is 0.315 e. The zero-order chi connectivity index (χ0) is 17.0. The Morgan fingerprint density at radius 2 is 1.79 bits per heavy atom. The zero-order valence-corrected chi connectivity index (χ0v) is 14.3. The summed E-state index contributed by atoms with van der Waals surface area (Å²) in [7, 11) is 0. The lowest BCUT2D eigenvalue weighted by molar-refractivity contribution is 0.239. The highest BCUT2D eigenvalue weighted by atomic mass is 16.4. The van der Waals surface area contributed by atoms with Gasteiger partial charge in [-0.15, -0.1) is 10.2 Å². The maximum atomic E-state index is 11.7. The fourth-order valence-corrected chi connectivity index (χ4v) is 2.33. The molecule has 0 radical (unpaired) electrons. The highest BCUT2D eigenvalue weighted by Gasteiger charge is 2.08. The van der Waals surface area contributed by atoms with E-state index < -0.39 is 0 Å². The Morgan fingerprint density at radius 3 is 2.58 bits per heavy atom. The van der Waals surface area contributed by atoms with Crippen LogP contribution in [0.5, 0.6) is 0 Å². The topological polar surface area (TPSA) is 80.0 Å². The molecule has 0 atom stereocenters. The molecule has 6 nitrogen and oxygen atoms in total. The van der Waals surface area contributed by atoms with Crippen LogP contribution in [0.15, 0.2) is 34.7 Å². The predicted molar refractivity (Wildman–Crippen MR) is 92.5 cm³/mol. The quantitative estimate of drug-likeness (QED) is 0.655. The van der Waals surface area contributed by atoms with Gasteiger partial charge >= 0.3 is 6.03 Å². The van der Waals surface area contributed by atoms with Gasteiger partial charge in [-0.25, -0.2) is 4.79 Å². The summed E-state index contributed by atoms with van der Waals surface area (Å²) in [4.78, 5) is 11.7. The number of amides is 2. The number of aromatic nitrogens is 2. The Balaban J connectivity index is 1.63. The molecule has 1 aromatic carbocycles. The Hall–Kier alpha value is -2.37. The van der Waals surface area contributed by atoms with Crippen LogP contribution in [0.25, 0.3) is 0 Å². The molecule has 0 spiro atoms. The van der Waals surface area contributed by atoms with Crippen molar-refractivity contribution in [3.8, 4) is 0 Å². The molecule has 0 aliphatic heterocycles. The summed E-state index contributed by atoms with van der Waals surface area (Å²) in [6.07, 6.45) is 6.10. The SMILES string of the molecule is CCCCCCNC(=O)NCc1nnc(CCc2ccccc2)o1. The molecule has 2 N–H and O–H groups in total. The van der Waals surface area contributed by atoms with Crippen LogP contribution in [0.3, 0.4) is 0 Å². The van der Waals surface area contributed by atoms with Gasteiger partial charge < -0.3 is 15.1 Å². The Kier molecular flexibility index (Phi) is 7.80. The normalized spacial score (nSPS) is 10.5. The van der Waals surface area contributed by atoms with Gasteiger partial charge in [0.2, 0.25) is 11.8 Å². The first kappa shape index (κ1) is 18.0. The lowest BCUT2D eigenvalue weighted by atomic mass is 10.1. The van der Waals surface area contributed by atoms with Gasteiger partial charge in [-0.1, -0.05) is 56.5 Å². The monoisotopic (exact) mass is 330 g/mol. The third kappa shape index (κ3) is 6.81. The van der Waals surface area contributed by atoms with Crippen molar-refractivity contribution in [3.05, 3.63) is 47.7 Å². The maximum Gasteiger partial charge on any atom is 0.315 e. The first-order valence-electron chi connectivity index (χ1n) is 8.65. The number of urea groups is 1.